The Morgan fingerprint density at radius 2 is 1.65 bits per heavy atom. The van der Waals surface area contributed by atoms with E-state index in [-0.39, 0.29) is 17.7 Å². The first kappa shape index (κ1) is 15.3. The Bertz CT molecular complexity index is 719. The number of amides is 1. The molecule has 0 aromatic heterocycles. The third-order valence-electron chi connectivity index (χ3n) is 4.53. The van der Waals surface area contributed by atoms with Crippen molar-refractivity contribution in [2.45, 2.75) is 12.8 Å². The highest BCUT2D eigenvalue weighted by molar-refractivity contribution is 5.91. The molecule has 0 spiro atoms. The van der Waals surface area contributed by atoms with Gasteiger partial charge in [0.2, 0.25) is 5.91 Å². The van der Waals surface area contributed by atoms with E-state index in [1.807, 2.05) is 56.4 Å². The number of nitrogens with zero attached hydrogens (tertiary/aromatic N) is 1. The fourth-order valence-electron chi connectivity index (χ4n) is 3.12. The van der Waals surface area contributed by atoms with Crippen LogP contribution in [-0.2, 0) is 4.79 Å². The van der Waals surface area contributed by atoms with Gasteiger partial charge >= 0.3 is 0 Å². The lowest BCUT2D eigenvalue weighted by atomic mass is 9.82. The van der Waals surface area contributed by atoms with E-state index < -0.39 is 0 Å². The van der Waals surface area contributed by atoms with Crippen LogP contribution in [0.3, 0.4) is 0 Å². The number of carbonyl (C=O) groups is 1. The first-order valence-electron chi connectivity index (χ1n) is 7.80. The maximum absolute atomic E-state index is 12.7. The molecule has 2 aromatic rings. The SMILES string of the molecule is COc1ccc(C2=CC(c3ccccc3)C(C)C(=O)N2C)cc1. The van der Waals surface area contributed by atoms with Crippen molar-refractivity contribution in [2.24, 2.45) is 5.92 Å². The summed E-state index contributed by atoms with van der Waals surface area (Å²) in [5.74, 6) is 0.987. The van der Waals surface area contributed by atoms with Crippen LogP contribution in [0.2, 0.25) is 0 Å². The van der Waals surface area contributed by atoms with Gasteiger partial charge in [-0.05, 0) is 35.4 Å². The summed E-state index contributed by atoms with van der Waals surface area (Å²) in [4.78, 5) is 14.4. The third kappa shape index (κ3) is 2.87. The van der Waals surface area contributed by atoms with Crippen LogP contribution in [0.4, 0.5) is 0 Å². The first-order valence-corrected chi connectivity index (χ1v) is 7.80. The summed E-state index contributed by atoms with van der Waals surface area (Å²) in [7, 11) is 3.49. The summed E-state index contributed by atoms with van der Waals surface area (Å²) in [6, 6.07) is 18.0. The number of ether oxygens (including phenoxy) is 1. The van der Waals surface area contributed by atoms with Gasteiger partial charge in [-0.25, -0.2) is 0 Å². The molecule has 3 rings (SSSR count). The zero-order valence-electron chi connectivity index (χ0n) is 13.7. The summed E-state index contributed by atoms with van der Waals surface area (Å²) < 4.78 is 5.21. The van der Waals surface area contributed by atoms with Crippen molar-refractivity contribution >= 4 is 11.6 Å². The van der Waals surface area contributed by atoms with Crippen molar-refractivity contribution < 1.29 is 9.53 Å². The van der Waals surface area contributed by atoms with Gasteiger partial charge < -0.3 is 9.64 Å². The van der Waals surface area contributed by atoms with Gasteiger partial charge in [0.15, 0.2) is 0 Å². The van der Waals surface area contributed by atoms with Crippen molar-refractivity contribution in [2.75, 3.05) is 14.2 Å². The lowest BCUT2D eigenvalue weighted by molar-refractivity contribution is -0.131. The molecule has 2 unspecified atom stereocenters. The standard InChI is InChI=1S/C20H21NO2/c1-14-18(15-7-5-4-6-8-15)13-19(21(2)20(14)22)16-9-11-17(23-3)12-10-16/h4-14,18H,1-3H3. The molecule has 118 valence electrons. The van der Waals surface area contributed by atoms with Gasteiger partial charge in [0, 0.05) is 24.6 Å². The van der Waals surface area contributed by atoms with Crippen LogP contribution in [0, 0.1) is 5.92 Å². The maximum Gasteiger partial charge on any atom is 0.230 e. The highest BCUT2D eigenvalue weighted by Crippen LogP contribution is 2.37. The average molecular weight is 307 g/mol. The van der Waals surface area contributed by atoms with E-state index in [1.165, 1.54) is 5.56 Å². The monoisotopic (exact) mass is 307 g/mol. The van der Waals surface area contributed by atoms with Gasteiger partial charge in [-0.1, -0.05) is 43.3 Å². The Morgan fingerprint density at radius 3 is 2.26 bits per heavy atom. The second-order valence-electron chi connectivity index (χ2n) is 5.90. The van der Waals surface area contributed by atoms with Crippen molar-refractivity contribution in [1.82, 2.24) is 4.90 Å². The highest BCUT2D eigenvalue weighted by atomic mass is 16.5. The zero-order valence-corrected chi connectivity index (χ0v) is 13.7. The van der Waals surface area contributed by atoms with Gasteiger partial charge in [-0.3, -0.25) is 4.79 Å². The van der Waals surface area contributed by atoms with E-state index in [4.69, 9.17) is 4.74 Å². The number of benzene rings is 2. The Morgan fingerprint density at radius 1 is 1.00 bits per heavy atom. The molecule has 23 heavy (non-hydrogen) atoms. The normalized spacial score (nSPS) is 21.1. The average Bonchev–Trinajstić information content (AvgIpc) is 2.61. The van der Waals surface area contributed by atoms with Crippen LogP contribution in [0.5, 0.6) is 5.75 Å². The molecule has 1 amide bonds. The van der Waals surface area contributed by atoms with Crippen molar-refractivity contribution in [3.8, 4) is 5.75 Å². The van der Waals surface area contributed by atoms with Crippen molar-refractivity contribution in [3.05, 3.63) is 71.8 Å². The minimum absolute atomic E-state index is 0.0654. The first-order chi connectivity index (χ1) is 11.1. The summed E-state index contributed by atoms with van der Waals surface area (Å²) in [5.41, 5.74) is 3.14. The number of carbonyl (C=O) groups excluding carboxylic acids is 1. The number of hydrogen-bond donors (Lipinski definition) is 0. The molecule has 2 aromatic carbocycles. The topological polar surface area (TPSA) is 29.5 Å². The second kappa shape index (κ2) is 6.29. The molecular formula is C20H21NO2. The molecule has 0 fully saturated rings. The Labute approximate surface area is 137 Å². The minimum atomic E-state index is -0.0654. The zero-order chi connectivity index (χ0) is 16.4. The molecule has 0 saturated heterocycles. The van der Waals surface area contributed by atoms with E-state index in [1.54, 1.807) is 12.0 Å². The van der Waals surface area contributed by atoms with Crippen LogP contribution >= 0.6 is 0 Å². The van der Waals surface area contributed by atoms with E-state index in [9.17, 15) is 4.79 Å². The molecule has 3 nitrogen and oxygen atoms in total. The molecule has 0 saturated carbocycles. The van der Waals surface area contributed by atoms with Crippen LogP contribution in [-0.4, -0.2) is 25.0 Å². The number of rotatable bonds is 3. The van der Waals surface area contributed by atoms with Crippen LogP contribution in [0.25, 0.3) is 5.70 Å². The van der Waals surface area contributed by atoms with Gasteiger partial charge in [-0.15, -0.1) is 0 Å². The summed E-state index contributed by atoms with van der Waals surface area (Å²) in [6.07, 6.45) is 2.20. The van der Waals surface area contributed by atoms with Crippen molar-refractivity contribution in [3.63, 3.8) is 0 Å². The number of allylic oxidation sites excluding steroid dienone is 1. The molecule has 2 atom stereocenters. The predicted octanol–water partition coefficient (Wildman–Crippen LogP) is 3.93. The van der Waals surface area contributed by atoms with E-state index >= 15 is 0 Å². The van der Waals surface area contributed by atoms with Crippen LogP contribution < -0.4 is 4.74 Å². The fourth-order valence-corrected chi connectivity index (χ4v) is 3.12. The smallest absolute Gasteiger partial charge is 0.230 e. The molecule has 0 radical (unpaired) electrons. The Kier molecular flexibility index (Phi) is 4.20. The molecular weight excluding hydrogens is 286 g/mol. The third-order valence-corrected chi connectivity index (χ3v) is 4.53. The molecule has 0 bridgehead atoms. The lowest BCUT2D eigenvalue weighted by Crippen LogP contribution is -2.37. The number of hydrogen-bond acceptors (Lipinski definition) is 2. The number of methoxy groups -OCH3 is 1. The second-order valence-corrected chi connectivity index (χ2v) is 5.90. The van der Waals surface area contributed by atoms with Gasteiger partial charge in [0.25, 0.3) is 0 Å². The molecule has 0 N–H and O–H groups in total. The fraction of sp³-hybridized carbons (Fsp3) is 0.250. The Balaban J connectivity index is 2.04. The quantitative estimate of drug-likeness (QED) is 0.860. The van der Waals surface area contributed by atoms with Gasteiger partial charge in [0.1, 0.15) is 5.75 Å². The molecule has 3 heteroatoms. The van der Waals surface area contributed by atoms with Gasteiger partial charge in [0.05, 0.1) is 7.11 Å². The van der Waals surface area contributed by atoms with E-state index in [0.717, 1.165) is 17.0 Å². The molecule has 0 aliphatic carbocycles. The highest BCUT2D eigenvalue weighted by Gasteiger charge is 2.33. The van der Waals surface area contributed by atoms with Gasteiger partial charge in [-0.2, -0.15) is 0 Å². The molecule has 1 heterocycles. The molecule has 1 aliphatic heterocycles. The summed E-state index contributed by atoms with van der Waals surface area (Å²) in [5, 5.41) is 0. The predicted molar refractivity (Wildman–Crippen MR) is 92.1 cm³/mol. The van der Waals surface area contributed by atoms with Crippen LogP contribution in [0.1, 0.15) is 24.0 Å². The lowest BCUT2D eigenvalue weighted by Gasteiger charge is -2.34. The minimum Gasteiger partial charge on any atom is -0.497 e. The Hall–Kier alpha value is -2.55. The van der Waals surface area contributed by atoms with Crippen LogP contribution in [0.15, 0.2) is 60.7 Å². The van der Waals surface area contributed by atoms with E-state index in [0.29, 0.717) is 0 Å². The largest absolute Gasteiger partial charge is 0.497 e. The summed E-state index contributed by atoms with van der Waals surface area (Å²) >= 11 is 0. The maximum atomic E-state index is 12.7. The summed E-state index contributed by atoms with van der Waals surface area (Å²) in [6.45, 7) is 2.00. The van der Waals surface area contributed by atoms with E-state index in [2.05, 4.69) is 18.2 Å². The van der Waals surface area contributed by atoms with Crippen molar-refractivity contribution in [1.29, 1.82) is 0 Å². The molecule has 1 aliphatic rings.